The van der Waals surface area contributed by atoms with E-state index in [1.165, 1.54) is 5.57 Å². The van der Waals surface area contributed by atoms with E-state index in [0.29, 0.717) is 17.7 Å². The third-order valence-electron chi connectivity index (χ3n) is 7.41. The van der Waals surface area contributed by atoms with Gasteiger partial charge in [0.1, 0.15) is 0 Å². The summed E-state index contributed by atoms with van der Waals surface area (Å²) in [5.74, 6) is 0.417. The summed E-state index contributed by atoms with van der Waals surface area (Å²) >= 11 is 0. The zero-order valence-electron chi connectivity index (χ0n) is 20.0. The van der Waals surface area contributed by atoms with Crippen molar-refractivity contribution < 1.29 is 9.90 Å². The molecule has 172 valence electrons. The van der Waals surface area contributed by atoms with Gasteiger partial charge in [-0.1, -0.05) is 39.0 Å². The van der Waals surface area contributed by atoms with Crippen molar-refractivity contribution in [1.29, 1.82) is 0 Å². The Morgan fingerprint density at radius 3 is 2.56 bits per heavy atom. The van der Waals surface area contributed by atoms with Gasteiger partial charge in [0.25, 0.3) is 0 Å². The Hall–Kier alpha value is -2.24. The summed E-state index contributed by atoms with van der Waals surface area (Å²) in [4.78, 5) is 22.6. The number of rotatable bonds is 6. The van der Waals surface area contributed by atoms with Gasteiger partial charge in [-0.15, -0.1) is 0 Å². The molecule has 1 aliphatic carbocycles. The topological polar surface area (TPSA) is 69.2 Å². The number of hydrogen-bond donors (Lipinski definition) is 2. The molecule has 0 radical (unpaired) electrons. The summed E-state index contributed by atoms with van der Waals surface area (Å²) < 4.78 is 0. The van der Waals surface area contributed by atoms with Crippen molar-refractivity contribution in [2.45, 2.75) is 71.8 Å². The predicted octanol–water partition coefficient (Wildman–Crippen LogP) is 5.04. The van der Waals surface area contributed by atoms with E-state index in [-0.39, 0.29) is 5.78 Å². The zero-order chi connectivity index (χ0) is 22.9. The van der Waals surface area contributed by atoms with Crippen molar-refractivity contribution in [3.05, 3.63) is 58.7 Å². The van der Waals surface area contributed by atoms with E-state index in [2.05, 4.69) is 53.8 Å². The molecule has 0 bridgehead atoms. The predicted molar refractivity (Wildman–Crippen MR) is 129 cm³/mol. The van der Waals surface area contributed by atoms with Crippen LogP contribution in [0.15, 0.2) is 30.5 Å². The van der Waals surface area contributed by atoms with E-state index >= 15 is 0 Å². The lowest BCUT2D eigenvalue weighted by Gasteiger charge is -2.38. The van der Waals surface area contributed by atoms with Gasteiger partial charge in [-0.2, -0.15) is 0 Å². The van der Waals surface area contributed by atoms with E-state index in [0.717, 1.165) is 74.1 Å². The average Bonchev–Trinajstić information content (AvgIpc) is 3.21. The van der Waals surface area contributed by atoms with Crippen LogP contribution in [0.2, 0.25) is 0 Å². The summed E-state index contributed by atoms with van der Waals surface area (Å²) in [7, 11) is 0. The first-order valence-corrected chi connectivity index (χ1v) is 12.0. The fourth-order valence-electron chi connectivity index (χ4n) is 4.98. The van der Waals surface area contributed by atoms with Crippen LogP contribution in [0.3, 0.4) is 0 Å². The number of aromatic nitrogens is 2. The Balaban J connectivity index is 1.67. The molecule has 5 nitrogen and oxygen atoms in total. The minimum Gasteiger partial charge on any atom is -0.385 e. The zero-order valence-corrected chi connectivity index (χ0v) is 20.0. The molecule has 2 heterocycles. The molecule has 4 rings (SSSR count). The second kappa shape index (κ2) is 8.95. The standard InChI is InChI=1S/C27H37N3O2/c1-5-30-14-12-27(32,13-15-30)22-7-6-21(16-24(31)25-28-18-19(2)29-25)23(17-22)20-8-10-26(3,4)11-9-20/h6-8,17-18,32H,5,9-16H2,1-4H3,(H,28,29). The van der Waals surface area contributed by atoms with E-state index in [1.807, 2.05) is 13.0 Å². The molecule has 0 spiro atoms. The first-order valence-electron chi connectivity index (χ1n) is 12.0. The number of imidazole rings is 1. The Kier molecular flexibility index (Phi) is 6.42. The molecule has 1 aromatic heterocycles. The monoisotopic (exact) mass is 435 g/mol. The second-order valence-electron chi connectivity index (χ2n) is 10.5. The highest BCUT2D eigenvalue weighted by molar-refractivity contribution is 5.95. The molecule has 0 amide bonds. The van der Waals surface area contributed by atoms with Crippen molar-refractivity contribution in [2.75, 3.05) is 19.6 Å². The van der Waals surface area contributed by atoms with Crippen LogP contribution in [0.25, 0.3) is 5.57 Å². The van der Waals surface area contributed by atoms with Crippen LogP contribution in [0.4, 0.5) is 0 Å². The molecule has 1 aromatic carbocycles. The third kappa shape index (κ3) is 4.89. The summed E-state index contributed by atoms with van der Waals surface area (Å²) in [5, 5.41) is 11.5. The minimum absolute atomic E-state index is 0.00111. The molecule has 32 heavy (non-hydrogen) atoms. The Bertz CT molecular complexity index is 1010. The van der Waals surface area contributed by atoms with Crippen molar-refractivity contribution in [3.63, 3.8) is 0 Å². The largest absolute Gasteiger partial charge is 0.385 e. The SMILES string of the molecule is CCN1CCC(O)(c2ccc(CC(=O)c3ncc(C)[nH]3)c(C3=CCC(C)(C)CC3)c2)CC1. The number of carbonyl (C=O) groups is 1. The molecule has 1 fully saturated rings. The molecular weight excluding hydrogens is 398 g/mol. The number of aliphatic hydroxyl groups is 1. The normalized spacial score (nSPS) is 20.7. The number of nitrogens with zero attached hydrogens (tertiary/aromatic N) is 2. The highest BCUT2D eigenvalue weighted by Gasteiger charge is 2.34. The summed E-state index contributed by atoms with van der Waals surface area (Å²) in [6.07, 6.45) is 9.01. The van der Waals surface area contributed by atoms with Gasteiger partial charge in [-0.05, 0) is 79.3 Å². The first-order chi connectivity index (χ1) is 15.2. The van der Waals surface area contributed by atoms with Gasteiger partial charge in [-0.3, -0.25) is 4.79 Å². The van der Waals surface area contributed by atoms with Crippen molar-refractivity contribution in [1.82, 2.24) is 14.9 Å². The lowest BCUT2D eigenvalue weighted by molar-refractivity contribution is -0.0247. The summed E-state index contributed by atoms with van der Waals surface area (Å²) in [6, 6.07) is 6.26. The number of carbonyl (C=O) groups excluding carboxylic acids is 1. The van der Waals surface area contributed by atoms with Crippen LogP contribution < -0.4 is 0 Å². The number of allylic oxidation sites excluding steroid dienone is 2. The molecule has 2 aliphatic rings. The highest BCUT2D eigenvalue weighted by atomic mass is 16.3. The number of Topliss-reactive ketones (excluding diaryl/α,β-unsaturated/α-hetero) is 1. The van der Waals surface area contributed by atoms with Crippen molar-refractivity contribution >= 4 is 11.4 Å². The number of nitrogens with one attached hydrogen (secondary N) is 1. The van der Waals surface area contributed by atoms with Gasteiger partial charge in [-0.25, -0.2) is 4.98 Å². The fourth-order valence-corrected chi connectivity index (χ4v) is 4.98. The molecular formula is C27H37N3O2. The maximum absolute atomic E-state index is 12.9. The quantitative estimate of drug-likeness (QED) is 0.624. The molecule has 1 saturated heterocycles. The number of ketones is 1. The number of hydrogen-bond acceptors (Lipinski definition) is 4. The summed E-state index contributed by atoms with van der Waals surface area (Å²) in [5.41, 5.74) is 4.85. The maximum Gasteiger partial charge on any atom is 0.202 e. The number of aryl methyl sites for hydroxylation is 1. The summed E-state index contributed by atoms with van der Waals surface area (Å²) in [6.45, 7) is 11.6. The smallest absolute Gasteiger partial charge is 0.202 e. The van der Waals surface area contributed by atoms with E-state index in [1.54, 1.807) is 6.20 Å². The van der Waals surface area contributed by atoms with Gasteiger partial charge in [0.2, 0.25) is 5.78 Å². The van der Waals surface area contributed by atoms with Crippen LogP contribution in [0.5, 0.6) is 0 Å². The lowest BCUT2D eigenvalue weighted by Crippen LogP contribution is -2.42. The average molecular weight is 436 g/mol. The minimum atomic E-state index is -0.796. The molecule has 2 N–H and O–H groups in total. The van der Waals surface area contributed by atoms with E-state index in [4.69, 9.17) is 0 Å². The fraction of sp³-hybridized carbons (Fsp3) is 0.556. The maximum atomic E-state index is 12.9. The molecule has 2 aromatic rings. The van der Waals surface area contributed by atoms with E-state index in [9.17, 15) is 9.90 Å². The van der Waals surface area contributed by atoms with Gasteiger partial charge in [0, 0.05) is 31.4 Å². The van der Waals surface area contributed by atoms with E-state index < -0.39 is 5.60 Å². The van der Waals surface area contributed by atoms with Gasteiger partial charge in [0.15, 0.2) is 5.82 Å². The molecule has 0 unspecified atom stereocenters. The Morgan fingerprint density at radius 1 is 1.22 bits per heavy atom. The second-order valence-corrected chi connectivity index (χ2v) is 10.5. The lowest BCUT2D eigenvalue weighted by atomic mass is 9.75. The number of piperidine rings is 1. The number of benzene rings is 1. The van der Waals surface area contributed by atoms with Crippen LogP contribution in [-0.4, -0.2) is 45.4 Å². The molecule has 0 saturated carbocycles. The Labute approximate surface area is 192 Å². The van der Waals surface area contributed by atoms with Crippen molar-refractivity contribution in [2.24, 2.45) is 5.41 Å². The Morgan fingerprint density at radius 2 is 1.97 bits per heavy atom. The highest BCUT2D eigenvalue weighted by Crippen LogP contribution is 2.41. The van der Waals surface area contributed by atoms with Crippen LogP contribution in [-0.2, 0) is 12.0 Å². The molecule has 5 heteroatoms. The number of likely N-dealkylation sites (tertiary alicyclic amines) is 1. The van der Waals surface area contributed by atoms with Crippen LogP contribution in [0, 0.1) is 12.3 Å². The van der Waals surface area contributed by atoms with Gasteiger partial charge < -0.3 is 15.0 Å². The molecule has 1 aliphatic heterocycles. The number of aromatic amines is 1. The number of H-pyrrole nitrogens is 1. The van der Waals surface area contributed by atoms with Gasteiger partial charge in [0.05, 0.1) is 5.60 Å². The van der Waals surface area contributed by atoms with Crippen LogP contribution in [0.1, 0.15) is 85.9 Å². The first kappa shape index (κ1) is 22.9. The third-order valence-corrected chi connectivity index (χ3v) is 7.41. The van der Waals surface area contributed by atoms with Crippen molar-refractivity contribution in [3.8, 4) is 0 Å². The van der Waals surface area contributed by atoms with Crippen LogP contribution >= 0.6 is 0 Å². The van der Waals surface area contributed by atoms with Gasteiger partial charge >= 0.3 is 0 Å². The molecule has 0 atom stereocenters.